The summed E-state index contributed by atoms with van der Waals surface area (Å²) in [5.74, 6) is -0.138. The lowest BCUT2D eigenvalue weighted by atomic mass is 10.0. The SMILES string of the molecule is O=C(c1ccccc1Cl)c1cc2ccccc2nc1Br. The van der Waals surface area contributed by atoms with Crippen molar-refractivity contribution in [2.45, 2.75) is 0 Å². The Labute approximate surface area is 129 Å². The highest BCUT2D eigenvalue weighted by molar-refractivity contribution is 9.10. The molecule has 0 radical (unpaired) electrons. The smallest absolute Gasteiger partial charge is 0.197 e. The number of carbonyl (C=O) groups is 1. The molecule has 2 nitrogen and oxygen atoms in total. The summed E-state index contributed by atoms with van der Waals surface area (Å²) in [5, 5.41) is 1.36. The first-order valence-corrected chi connectivity index (χ1v) is 7.18. The van der Waals surface area contributed by atoms with Crippen LogP contribution in [0, 0.1) is 0 Å². The van der Waals surface area contributed by atoms with Crippen molar-refractivity contribution in [3.63, 3.8) is 0 Å². The fourth-order valence-electron chi connectivity index (χ4n) is 2.04. The highest BCUT2D eigenvalue weighted by atomic mass is 79.9. The molecule has 0 saturated heterocycles. The molecular formula is C16H9BrClNO. The van der Waals surface area contributed by atoms with Crippen LogP contribution in [0.5, 0.6) is 0 Å². The largest absolute Gasteiger partial charge is 0.288 e. The number of hydrogen-bond donors (Lipinski definition) is 0. The van der Waals surface area contributed by atoms with E-state index in [9.17, 15) is 4.79 Å². The van der Waals surface area contributed by atoms with Gasteiger partial charge in [-0.05, 0) is 40.2 Å². The Morgan fingerprint density at radius 1 is 1.00 bits per heavy atom. The zero-order valence-electron chi connectivity index (χ0n) is 10.3. The summed E-state index contributed by atoms with van der Waals surface area (Å²) in [4.78, 5) is 17.0. The van der Waals surface area contributed by atoms with Crippen LogP contribution in [-0.4, -0.2) is 10.8 Å². The van der Waals surface area contributed by atoms with Gasteiger partial charge in [-0.25, -0.2) is 4.98 Å². The molecule has 0 N–H and O–H groups in total. The third-order valence-electron chi connectivity index (χ3n) is 3.04. The average molecular weight is 347 g/mol. The zero-order valence-corrected chi connectivity index (χ0v) is 12.6. The number of pyridine rings is 1. The van der Waals surface area contributed by atoms with Crippen LogP contribution in [0.4, 0.5) is 0 Å². The first kappa shape index (κ1) is 13.3. The van der Waals surface area contributed by atoms with Gasteiger partial charge in [-0.2, -0.15) is 0 Å². The lowest BCUT2D eigenvalue weighted by molar-refractivity contribution is 0.103. The molecule has 0 amide bonds. The maximum atomic E-state index is 12.6. The maximum absolute atomic E-state index is 12.6. The van der Waals surface area contributed by atoms with Gasteiger partial charge >= 0.3 is 0 Å². The summed E-state index contributed by atoms with van der Waals surface area (Å²) >= 11 is 9.45. The maximum Gasteiger partial charge on any atom is 0.197 e. The lowest BCUT2D eigenvalue weighted by Crippen LogP contribution is -2.04. The molecule has 0 saturated carbocycles. The fourth-order valence-corrected chi connectivity index (χ4v) is 2.75. The minimum Gasteiger partial charge on any atom is -0.288 e. The van der Waals surface area contributed by atoms with Crippen LogP contribution in [0.15, 0.2) is 59.2 Å². The van der Waals surface area contributed by atoms with E-state index in [0.29, 0.717) is 20.8 Å². The van der Waals surface area contributed by atoms with Crippen LogP contribution in [0.25, 0.3) is 10.9 Å². The van der Waals surface area contributed by atoms with Crippen LogP contribution in [0.2, 0.25) is 5.02 Å². The van der Waals surface area contributed by atoms with E-state index in [2.05, 4.69) is 20.9 Å². The first-order chi connectivity index (χ1) is 9.66. The zero-order chi connectivity index (χ0) is 14.1. The van der Waals surface area contributed by atoms with Crippen LogP contribution in [-0.2, 0) is 0 Å². The van der Waals surface area contributed by atoms with Gasteiger partial charge in [0, 0.05) is 10.9 Å². The van der Waals surface area contributed by atoms with Crippen molar-refractivity contribution in [3.8, 4) is 0 Å². The molecule has 3 rings (SSSR count). The molecule has 3 aromatic rings. The molecule has 1 heterocycles. The van der Waals surface area contributed by atoms with E-state index < -0.39 is 0 Å². The molecule has 0 spiro atoms. The molecule has 98 valence electrons. The topological polar surface area (TPSA) is 30.0 Å². The summed E-state index contributed by atoms with van der Waals surface area (Å²) < 4.78 is 0.529. The van der Waals surface area contributed by atoms with Crippen LogP contribution in [0.3, 0.4) is 0 Å². The van der Waals surface area contributed by atoms with E-state index in [4.69, 9.17) is 11.6 Å². The third-order valence-corrected chi connectivity index (χ3v) is 3.97. The molecule has 0 aliphatic carbocycles. The highest BCUT2D eigenvalue weighted by Gasteiger charge is 2.16. The molecule has 0 bridgehead atoms. The number of nitrogens with zero attached hydrogens (tertiary/aromatic N) is 1. The Kier molecular flexibility index (Phi) is 3.55. The number of para-hydroxylation sites is 1. The Balaban J connectivity index is 2.17. The number of fused-ring (bicyclic) bond motifs is 1. The quantitative estimate of drug-likeness (QED) is 0.489. The van der Waals surface area contributed by atoms with E-state index in [1.165, 1.54) is 0 Å². The molecule has 4 heteroatoms. The molecule has 0 atom stereocenters. The highest BCUT2D eigenvalue weighted by Crippen LogP contribution is 2.26. The monoisotopic (exact) mass is 345 g/mol. The summed E-state index contributed by atoms with van der Waals surface area (Å²) in [6, 6.07) is 16.5. The third kappa shape index (κ3) is 2.35. The van der Waals surface area contributed by atoms with Gasteiger partial charge < -0.3 is 0 Å². The van der Waals surface area contributed by atoms with Crippen LogP contribution in [0.1, 0.15) is 15.9 Å². The number of benzene rings is 2. The predicted octanol–water partition coefficient (Wildman–Crippen LogP) is 4.88. The lowest BCUT2D eigenvalue weighted by Gasteiger charge is -2.07. The van der Waals surface area contributed by atoms with Gasteiger partial charge in [-0.15, -0.1) is 0 Å². The van der Waals surface area contributed by atoms with Crippen molar-refractivity contribution < 1.29 is 4.79 Å². The summed E-state index contributed by atoms with van der Waals surface area (Å²) in [6.45, 7) is 0. The van der Waals surface area contributed by atoms with E-state index >= 15 is 0 Å². The van der Waals surface area contributed by atoms with Crippen molar-refractivity contribution in [3.05, 3.63) is 75.4 Å². The van der Waals surface area contributed by atoms with Gasteiger partial charge in [-0.3, -0.25) is 4.79 Å². The Bertz CT molecular complexity index is 816. The van der Waals surface area contributed by atoms with E-state index in [1.807, 2.05) is 30.3 Å². The van der Waals surface area contributed by atoms with Gasteiger partial charge in [-0.1, -0.05) is 41.9 Å². The van der Waals surface area contributed by atoms with Gasteiger partial charge in [0.15, 0.2) is 5.78 Å². The molecule has 0 aliphatic rings. The number of aromatic nitrogens is 1. The standard InChI is InChI=1S/C16H9BrClNO/c17-16-12(9-10-5-1-4-8-14(10)19-16)15(20)11-6-2-3-7-13(11)18/h1-9H. The number of hydrogen-bond acceptors (Lipinski definition) is 2. The molecular weight excluding hydrogens is 338 g/mol. The van der Waals surface area contributed by atoms with Crippen molar-refractivity contribution in [2.24, 2.45) is 0 Å². The number of rotatable bonds is 2. The number of halogens is 2. The summed E-state index contributed by atoms with van der Waals surface area (Å²) in [5.41, 5.74) is 1.83. The van der Waals surface area contributed by atoms with E-state index in [1.54, 1.807) is 24.3 Å². The van der Waals surface area contributed by atoms with E-state index in [-0.39, 0.29) is 5.78 Å². The first-order valence-electron chi connectivity index (χ1n) is 6.01. The summed E-state index contributed by atoms with van der Waals surface area (Å²) in [6.07, 6.45) is 0. The number of carbonyl (C=O) groups excluding carboxylic acids is 1. The molecule has 2 aromatic carbocycles. The van der Waals surface area contributed by atoms with Gasteiger partial charge in [0.1, 0.15) is 4.60 Å². The molecule has 0 aliphatic heterocycles. The number of ketones is 1. The van der Waals surface area contributed by atoms with Crippen molar-refractivity contribution in [1.82, 2.24) is 4.98 Å². The predicted molar refractivity (Wildman–Crippen MR) is 84.3 cm³/mol. The van der Waals surface area contributed by atoms with Gasteiger partial charge in [0.25, 0.3) is 0 Å². The van der Waals surface area contributed by atoms with E-state index in [0.717, 1.165) is 10.9 Å². The summed E-state index contributed by atoms with van der Waals surface area (Å²) in [7, 11) is 0. The minimum absolute atomic E-state index is 0.138. The average Bonchev–Trinajstić information content (AvgIpc) is 2.46. The molecule has 1 aromatic heterocycles. The fraction of sp³-hybridized carbons (Fsp3) is 0. The van der Waals surface area contributed by atoms with Crippen molar-refractivity contribution in [1.29, 1.82) is 0 Å². The molecule has 0 fully saturated rings. The van der Waals surface area contributed by atoms with Gasteiger partial charge in [0.05, 0.1) is 16.1 Å². The Hall–Kier alpha value is -1.71. The Morgan fingerprint density at radius 3 is 2.50 bits per heavy atom. The van der Waals surface area contributed by atoms with Crippen LogP contribution >= 0.6 is 27.5 Å². The second kappa shape index (κ2) is 5.35. The second-order valence-corrected chi connectivity index (χ2v) is 5.49. The van der Waals surface area contributed by atoms with Crippen LogP contribution < -0.4 is 0 Å². The second-order valence-electron chi connectivity index (χ2n) is 4.33. The van der Waals surface area contributed by atoms with Crippen molar-refractivity contribution >= 4 is 44.2 Å². The Morgan fingerprint density at radius 2 is 1.70 bits per heavy atom. The molecule has 0 unspecified atom stereocenters. The van der Waals surface area contributed by atoms with Crippen molar-refractivity contribution in [2.75, 3.05) is 0 Å². The molecule has 20 heavy (non-hydrogen) atoms. The minimum atomic E-state index is -0.138. The normalized spacial score (nSPS) is 10.7. The van der Waals surface area contributed by atoms with Gasteiger partial charge in [0.2, 0.25) is 0 Å².